The van der Waals surface area contributed by atoms with Crippen LogP contribution in [0.25, 0.3) is 0 Å². The molecule has 0 saturated carbocycles. The van der Waals surface area contributed by atoms with Gasteiger partial charge in [-0.2, -0.15) is 26.3 Å². The van der Waals surface area contributed by atoms with Gasteiger partial charge < -0.3 is 19.6 Å². The molecule has 234 valence electrons. The van der Waals surface area contributed by atoms with Crippen LogP contribution in [0.2, 0.25) is 0 Å². The van der Waals surface area contributed by atoms with Gasteiger partial charge in [0.15, 0.2) is 6.10 Å². The van der Waals surface area contributed by atoms with E-state index in [9.17, 15) is 55.4 Å². The Morgan fingerprint density at radius 1 is 0.698 bits per heavy atom. The Morgan fingerprint density at radius 3 is 1.49 bits per heavy atom. The van der Waals surface area contributed by atoms with Gasteiger partial charge in [-0.1, -0.05) is 13.8 Å². The van der Waals surface area contributed by atoms with E-state index in [4.69, 9.17) is 0 Å². The number of alkyl halides is 6. The maximum atomic E-state index is 13.3. The molecule has 0 bridgehead atoms. The fraction of sp³-hybridized carbons (Fsp3) is 0.393. The molecule has 0 aromatic heterocycles. The molecule has 0 aliphatic heterocycles. The SMILES string of the molecule is CCCN(C)C(=O)c1cc(C(=O)OC(=O)c2cc(C(=O)N(C)CCC)cc(C(O)C(F)(F)F)c2)cc(C(=O)C(F)(F)F)c1. The molecule has 2 amide bonds. The summed E-state index contributed by atoms with van der Waals surface area (Å²) in [5.41, 5.74) is -4.59. The number of amides is 2. The number of aliphatic hydroxyl groups excluding tert-OH is 1. The highest BCUT2D eigenvalue weighted by atomic mass is 19.4. The lowest BCUT2D eigenvalue weighted by Gasteiger charge is -2.20. The number of carbonyl (C=O) groups excluding carboxylic acids is 5. The molecule has 0 aliphatic carbocycles. The van der Waals surface area contributed by atoms with Gasteiger partial charge in [0.2, 0.25) is 0 Å². The zero-order chi connectivity index (χ0) is 32.9. The van der Waals surface area contributed by atoms with Crippen LogP contribution in [0.5, 0.6) is 0 Å². The van der Waals surface area contributed by atoms with Gasteiger partial charge >= 0.3 is 24.3 Å². The summed E-state index contributed by atoms with van der Waals surface area (Å²) in [5.74, 6) is -7.35. The average molecular weight is 619 g/mol. The lowest BCUT2D eigenvalue weighted by molar-refractivity contribution is -0.206. The lowest BCUT2D eigenvalue weighted by Crippen LogP contribution is -2.29. The van der Waals surface area contributed by atoms with E-state index in [1.807, 2.05) is 0 Å². The minimum absolute atomic E-state index is 0.170. The first-order valence-electron chi connectivity index (χ1n) is 12.8. The van der Waals surface area contributed by atoms with Crippen LogP contribution >= 0.6 is 0 Å². The topological polar surface area (TPSA) is 121 Å². The third-order valence-electron chi connectivity index (χ3n) is 6.00. The van der Waals surface area contributed by atoms with Crippen molar-refractivity contribution in [1.82, 2.24) is 9.80 Å². The lowest BCUT2D eigenvalue weighted by atomic mass is 10.00. The molecular weight excluding hydrogens is 590 g/mol. The predicted octanol–water partition coefficient (Wildman–Crippen LogP) is 4.99. The molecule has 0 heterocycles. The van der Waals surface area contributed by atoms with Gasteiger partial charge in [0, 0.05) is 43.9 Å². The minimum atomic E-state index is -5.39. The zero-order valence-electron chi connectivity index (χ0n) is 23.4. The van der Waals surface area contributed by atoms with Gasteiger partial charge in [0.1, 0.15) is 0 Å². The highest BCUT2D eigenvalue weighted by molar-refractivity contribution is 6.08. The monoisotopic (exact) mass is 618 g/mol. The van der Waals surface area contributed by atoms with E-state index < -0.39 is 81.4 Å². The van der Waals surface area contributed by atoms with Crippen LogP contribution in [0, 0.1) is 0 Å². The molecule has 2 rings (SSSR count). The molecule has 9 nitrogen and oxygen atoms in total. The molecule has 0 saturated heterocycles. The molecule has 1 unspecified atom stereocenters. The van der Waals surface area contributed by atoms with Gasteiger partial charge in [-0.25, -0.2) is 9.59 Å². The second-order valence-corrected chi connectivity index (χ2v) is 9.54. The number of ketones is 1. The van der Waals surface area contributed by atoms with Crippen LogP contribution in [0.1, 0.15) is 90.1 Å². The van der Waals surface area contributed by atoms with E-state index in [1.165, 1.54) is 14.1 Å². The fourth-order valence-electron chi connectivity index (χ4n) is 3.92. The van der Waals surface area contributed by atoms with Crippen molar-refractivity contribution in [3.05, 3.63) is 69.8 Å². The van der Waals surface area contributed by atoms with E-state index in [2.05, 4.69) is 4.74 Å². The summed E-state index contributed by atoms with van der Waals surface area (Å²) in [4.78, 5) is 65.4. The normalized spacial score (nSPS) is 12.3. The Hall–Kier alpha value is -4.27. The van der Waals surface area contributed by atoms with E-state index in [-0.39, 0.29) is 13.1 Å². The number of hydrogen-bond donors (Lipinski definition) is 1. The number of rotatable bonds is 10. The first-order valence-corrected chi connectivity index (χ1v) is 12.8. The maximum Gasteiger partial charge on any atom is 0.454 e. The summed E-state index contributed by atoms with van der Waals surface area (Å²) >= 11 is 0. The molecule has 0 aliphatic rings. The van der Waals surface area contributed by atoms with E-state index in [1.54, 1.807) is 13.8 Å². The van der Waals surface area contributed by atoms with Crippen molar-refractivity contribution < 1.29 is 60.2 Å². The van der Waals surface area contributed by atoms with Crippen LogP contribution in [-0.4, -0.2) is 84.0 Å². The number of benzene rings is 2. The Balaban J connectivity index is 2.57. The third-order valence-corrected chi connectivity index (χ3v) is 6.00. The smallest absolute Gasteiger partial charge is 0.386 e. The third kappa shape index (κ3) is 8.86. The van der Waals surface area contributed by atoms with Crippen LogP contribution in [0.15, 0.2) is 36.4 Å². The first kappa shape index (κ1) is 34.9. The number of aliphatic hydroxyl groups is 1. The fourth-order valence-corrected chi connectivity index (χ4v) is 3.92. The Kier molecular flexibility index (Phi) is 11.2. The van der Waals surface area contributed by atoms with Crippen molar-refractivity contribution in [2.75, 3.05) is 27.2 Å². The number of ether oxygens (including phenoxy) is 1. The van der Waals surface area contributed by atoms with Crippen LogP contribution < -0.4 is 0 Å². The van der Waals surface area contributed by atoms with E-state index in [0.717, 1.165) is 21.9 Å². The Morgan fingerprint density at radius 2 is 1.07 bits per heavy atom. The van der Waals surface area contributed by atoms with Gasteiger partial charge in [-0.05, 0) is 54.8 Å². The largest absolute Gasteiger partial charge is 0.454 e. The number of nitrogens with zero attached hydrogens (tertiary/aromatic N) is 2. The summed E-state index contributed by atoms with van der Waals surface area (Å²) < 4.78 is 83.9. The van der Waals surface area contributed by atoms with E-state index >= 15 is 0 Å². The van der Waals surface area contributed by atoms with Crippen LogP contribution in [-0.2, 0) is 4.74 Å². The number of hydrogen-bond acceptors (Lipinski definition) is 7. The highest BCUT2D eigenvalue weighted by Gasteiger charge is 2.41. The second kappa shape index (κ2) is 13.8. The van der Waals surface area contributed by atoms with Crippen molar-refractivity contribution in [1.29, 1.82) is 0 Å². The number of halogens is 6. The average Bonchev–Trinajstić information content (AvgIpc) is 2.94. The van der Waals surface area contributed by atoms with Gasteiger partial charge in [0.25, 0.3) is 17.6 Å². The van der Waals surface area contributed by atoms with E-state index in [0.29, 0.717) is 37.1 Å². The number of Topliss-reactive ketones (excluding diaryl/α,β-unsaturated/α-hetero) is 1. The van der Waals surface area contributed by atoms with Crippen LogP contribution in [0.4, 0.5) is 26.3 Å². The zero-order valence-corrected chi connectivity index (χ0v) is 23.4. The molecule has 0 spiro atoms. The second-order valence-electron chi connectivity index (χ2n) is 9.54. The number of carbonyl (C=O) groups is 5. The molecule has 2 aromatic rings. The van der Waals surface area contributed by atoms with Gasteiger partial charge in [-0.3, -0.25) is 14.4 Å². The molecule has 0 radical (unpaired) electrons. The van der Waals surface area contributed by atoms with Crippen molar-refractivity contribution in [2.45, 2.75) is 45.1 Å². The summed E-state index contributed by atoms with van der Waals surface area (Å²) in [6.07, 6.45) is -12.8. The first-order chi connectivity index (χ1) is 19.8. The van der Waals surface area contributed by atoms with Crippen molar-refractivity contribution >= 4 is 29.5 Å². The Bertz CT molecular complexity index is 1400. The molecule has 1 N–H and O–H groups in total. The summed E-state index contributed by atoms with van der Waals surface area (Å²) in [6.45, 7) is 3.79. The Labute approximate surface area is 242 Å². The molecule has 0 fully saturated rings. The predicted molar refractivity (Wildman–Crippen MR) is 139 cm³/mol. The molecule has 1 atom stereocenters. The van der Waals surface area contributed by atoms with Crippen molar-refractivity contribution in [3.8, 4) is 0 Å². The summed E-state index contributed by atoms with van der Waals surface area (Å²) in [7, 11) is 2.66. The number of esters is 2. The van der Waals surface area contributed by atoms with Crippen LogP contribution in [0.3, 0.4) is 0 Å². The summed E-state index contributed by atoms with van der Waals surface area (Å²) in [5, 5.41) is 9.76. The quantitative estimate of drug-likeness (QED) is 0.172. The maximum absolute atomic E-state index is 13.3. The van der Waals surface area contributed by atoms with Crippen molar-refractivity contribution in [3.63, 3.8) is 0 Å². The molecule has 15 heteroatoms. The molecule has 2 aromatic carbocycles. The standard InChI is InChI=1S/C28H28F6N2O7/c1-5-7-35(3)23(39)17-9-15(21(37)27(29,30)31)11-19(13-17)25(41)43-26(42)20-12-16(22(38)28(32,33)34)10-18(14-20)24(40)36(4)8-6-2/h9-14,21,37H,5-8H2,1-4H3. The minimum Gasteiger partial charge on any atom is -0.386 e. The molecule has 43 heavy (non-hydrogen) atoms. The summed E-state index contributed by atoms with van der Waals surface area (Å²) in [6, 6.07) is 3.91. The highest BCUT2D eigenvalue weighted by Crippen LogP contribution is 2.34. The van der Waals surface area contributed by atoms with Gasteiger partial charge in [-0.15, -0.1) is 0 Å². The van der Waals surface area contributed by atoms with Gasteiger partial charge in [0.05, 0.1) is 11.1 Å². The molecular formula is C28H28F6N2O7. The van der Waals surface area contributed by atoms with Crippen molar-refractivity contribution in [2.24, 2.45) is 0 Å².